The Morgan fingerprint density at radius 3 is 2.94 bits per heavy atom. The molecule has 0 aliphatic carbocycles. The summed E-state index contributed by atoms with van der Waals surface area (Å²) < 4.78 is 16.5. The van der Waals surface area contributed by atoms with Crippen molar-refractivity contribution in [3.05, 3.63) is 34.8 Å². The van der Waals surface area contributed by atoms with E-state index >= 15 is 0 Å². The third-order valence-electron chi connectivity index (χ3n) is 4.15. The summed E-state index contributed by atoms with van der Waals surface area (Å²) in [6.45, 7) is 3.01. The van der Waals surface area contributed by atoms with Crippen LogP contribution in [0.4, 0.5) is 4.39 Å². The summed E-state index contributed by atoms with van der Waals surface area (Å²) in [6, 6.07) is 3.60. The van der Waals surface area contributed by atoms with Gasteiger partial charge in [0.25, 0.3) is 0 Å². The Labute approximate surface area is 99.4 Å². The molecule has 2 aromatic rings. The summed E-state index contributed by atoms with van der Waals surface area (Å²) in [5, 5.41) is 4.30. The standard InChI is InChI=1S/C14H15FN2/c15-11-2-1-9-5-8-17-12-4-7-16-6-3-10(12)13(11)14(9)17/h1-2,16H,3-8H2. The number of fused-ring (bicyclic) bond motifs is 3. The molecule has 3 heterocycles. The van der Waals surface area contributed by atoms with Crippen molar-refractivity contribution in [1.82, 2.24) is 9.88 Å². The number of aromatic nitrogens is 1. The fraction of sp³-hybridized carbons (Fsp3) is 0.429. The van der Waals surface area contributed by atoms with E-state index in [1.165, 1.54) is 22.3 Å². The van der Waals surface area contributed by atoms with Gasteiger partial charge in [-0.15, -0.1) is 0 Å². The number of aryl methyl sites for hydroxylation is 2. The van der Waals surface area contributed by atoms with Crippen LogP contribution in [0.25, 0.3) is 10.9 Å². The number of nitrogens with one attached hydrogen (secondary N) is 1. The van der Waals surface area contributed by atoms with Gasteiger partial charge in [-0.2, -0.15) is 0 Å². The Morgan fingerprint density at radius 2 is 2.00 bits per heavy atom. The average molecular weight is 230 g/mol. The number of nitrogens with zero attached hydrogens (tertiary/aromatic N) is 1. The molecule has 4 rings (SSSR count). The van der Waals surface area contributed by atoms with E-state index in [4.69, 9.17) is 0 Å². The van der Waals surface area contributed by atoms with Gasteiger partial charge in [0.05, 0.1) is 5.52 Å². The first kappa shape index (κ1) is 9.66. The average Bonchev–Trinajstić information content (AvgIpc) is 2.78. The maximum atomic E-state index is 14.1. The van der Waals surface area contributed by atoms with Gasteiger partial charge in [-0.3, -0.25) is 0 Å². The molecule has 0 radical (unpaired) electrons. The summed E-state index contributed by atoms with van der Waals surface area (Å²) in [5.74, 6) is -0.0393. The Bertz CT molecular complexity index is 612. The van der Waals surface area contributed by atoms with Crippen LogP contribution in [0, 0.1) is 5.82 Å². The molecule has 2 aliphatic rings. The van der Waals surface area contributed by atoms with Gasteiger partial charge in [-0.05, 0) is 36.6 Å². The Balaban J connectivity index is 2.14. The zero-order valence-electron chi connectivity index (χ0n) is 9.72. The van der Waals surface area contributed by atoms with Crippen molar-refractivity contribution >= 4 is 10.9 Å². The SMILES string of the molecule is Fc1ccc2c3c1c1c(n3CC2)CCNCC1. The van der Waals surface area contributed by atoms with E-state index in [-0.39, 0.29) is 5.82 Å². The van der Waals surface area contributed by atoms with Crippen LogP contribution in [-0.2, 0) is 25.8 Å². The lowest BCUT2D eigenvalue weighted by Gasteiger charge is -2.05. The summed E-state index contributed by atoms with van der Waals surface area (Å²) >= 11 is 0. The maximum absolute atomic E-state index is 14.1. The smallest absolute Gasteiger partial charge is 0.132 e. The molecular weight excluding hydrogens is 215 g/mol. The van der Waals surface area contributed by atoms with Gasteiger partial charge in [-0.1, -0.05) is 6.07 Å². The molecule has 2 nitrogen and oxygen atoms in total. The summed E-state index contributed by atoms with van der Waals surface area (Å²) in [7, 11) is 0. The number of halogens is 1. The van der Waals surface area contributed by atoms with Crippen LogP contribution in [0.3, 0.4) is 0 Å². The molecule has 1 aromatic carbocycles. The molecule has 0 saturated carbocycles. The van der Waals surface area contributed by atoms with Crippen molar-refractivity contribution in [1.29, 1.82) is 0 Å². The number of rotatable bonds is 0. The highest BCUT2D eigenvalue weighted by Crippen LogP contribution is 2.36. The molecule has 0 spiro atoms. The molecule has 0 atom stereocenters. The Hall–Kier alpha value is -1.35. The Morgan fingerprint density at radius 1 is 1.12 bits per heavy atom. The highest BCUT2D eigenvalue weighted by Gasteiger charge is 2.26. The van der Waals surface area contributed by atoms with Crippen molar-refractivity contribution in [2.45, 2.75) is 25.8 Å². The van der Waals surface area contributed by atoms with Crippen LogP contribution in [0.15, 0.2) is 12.1 Å². The van der Waals surface area contributed by atoms with E-state index in [0.717, 1.165) is 44.3 Å². The summed E-state index contributed by atoms with van der Waals surface area (Å²) in [6.07, 6.45) is 3.05. The number of benzene rings is 1. The molecule has 0 bridgehead atoms. The molecule has 1 aromatic heterocycles. The van der Waals surface area contributed by atoms with Gasteiger partial charge < -0.3 is 9.88 Å². The first-order valence-corrected chi connectivity index (χ1v) is 6.38. The van der Waals surface area contributed by atoms with Crippen LogP contribution < -0.4 is 5.32 Å². The quantitative estimate of drug-likeness (QED) is 0.732. The lowest BCUT2D eigenvalue weighted by Crippen LogP contribution is -2.17. The van der Waals surface area contributed by atoms with Gasteiger partial charge in [0, 0.05) is 30.6 Å². The minimum Gasteiger partial charge on any atom is -0.344 e. The van der Waals surface area contributed by atoms with E-state index < -0.39 is 0 Å². The van der Waals surface area contributed by atoms with E-state index in [1.807, 2.05) is 6.07 Å². The highest BCUT2D eigenvalue weighted by atomic mass is 19.1. The molecule has 3 heteroatoms. The van der Waals surface area contributed by atoms with Gasteiger partial charge >= 0.3 is 0 Å². The summed E-state index contributed by atoms with van der Waals surface area (Å²) in [4.78, 5) is 0. The fourth-order valence-corrected chi connectivity index (χ4v) is 3.43. The van der Waals surface area contributed by atoms with E-state index in [1.54, 1.807) is 6.07 Å². The topological polar surface area (TPSA) is 17.0 Å². The lowest BCUT2D eigenvalue weighted by molar-refractivity contribution is 0.638. The first-order valence-electron chi connectivity index (χ1n) is 6.38. The van der Waals surface area contributed by atoms with E-state index in [2.05, 4.69) is 9.88 Å². The van der Waals surface area contributed by atoms with Crippen LogP contribution in [0.5, 0.6) is 0 Å². The maximum Gasteiger partial charge on any atom is 0.132 e. The molecule has 88 valence electrons. The predicted octanol–water partition coefficient (Wildman–Crippen LogP) is 2.02. The van der Waals surface area contributed by atoms with Crippen LogP contribution >= 0.6 is 0 Å². The molecule has 0 unspecified atom stereocenters. The third-order valence-corrected chi connectivity index (χ3v) is 4.15. The second-order valence-electron chi connectivity index (χ2n) is 5.01. The molecule has 17 heavy (non-hydrogen) atoms. The third kappa shape index (κ3) is 1.18. The van der Waals surface area contributed by atoms with Crippen LogP contribution in [0.1, 0.15) is 16.8 Å². The van der Waals surface area contributed by atoms with Crippen molar-refractivity contribution in [2.75, 3.05) is 13.1 Å². The van der Waals surface area contributed by atoms with Crippen molar-refractivity contribution in [2.24, 2.45) is 0 Å². The number of hydrogen-bond donors (Lipinski definition) is 1. The predicted molar refractivity (Wildman–Crippen MR) is 65.9 cm³/mol. The van der Waals surface area contributed by atoms with Crippen molar-refractivity contribution in [3.63, 3.8) is 0 Å². The number of hydrogen-bond acceptors (Lipinski definition) is 1. The molecule has 0 saturated heterocycles. The van der Waals surface area contributed by atoms with E-state index in [9.17, 15) is 4.39 Å². The van der Waals surface area contributed by atoms with Crippen molar-refractivity contribution < 1.29 is 4.39 Å². The van der Waals surface area contributed by atoms with Gasteiger partial charge in [0.2, 0.25) is 0 Å². The first-order chi connectivity index (χ1) is 8.36. The van der Waals surface area contributed by atoms with E-state index in [0.29, 0.717) is 0 Å². The molecule has 2 aliphatic heterocycles. The minimum atomic E-state index is -0.0393. The highest BCUT2D eigenvalue weighted by molar-refractivity contribution is 5.90. The van der Waals surface area contributed by atoms with Crippen LogP contribution in [-0.4, -0.2) is 17.7 Å². The second-order valence-corrected chi connectivity index (χ2v) is 5.01. The Kier molecular flexibility index (Phi) is 1.89. The second kappa shape index (κ2) is 3.33. The zero-order valence-corrected chi connectivity index (χ0v) is 9.72. The normalized spacial score (nSPS) is 18.4. The van der Waals surface area contributed by atoms with Gasteiger partial charge in [0.1, 0.15) is 5.82 Å². The molecule has 0 amide bonds. The summed E-state index contributed by atoms with van der Waals surface area (Å²) in [5.41, 5.74) is 5.12. The zero-order chi connectivity index (χ0) is 11.4. The minimum absolute atomic E-state index is 0.0393. The van der Waals surface area contributed by atoms with Crippen molar-refractivity contribution in [3.8, 4) is 0 Å². The molecule has 0 fully saturated rings. The van der Waals surface area contributed by atoms with Gasteiger partial charge in [-0.25, -0.2) is 4.39 Å². The largest absolute Gasteiger partial charge is 0.344 e. The van der Waals surface area contributed by atoms with Gasteiger partial charge in [0.15, 0.2) is 0 Å². The monoisotopic (exact) mass is 230 g/mol. The fourth-order valence-electron chi connectivity index (χ4n) is 3.43. The van der Waals surface area contributed by atoms with Crippen LogP contribution in [0.2, 0.25) is 0 Å². The molecule has 1 N–H and O–H groups in total. The molecular formula is C14H15FN2. The lowest BCUT2D eigenvalue weighted by atomic mass is 10.0.